The van der Waals surface area contributed by atoms with Crippen molar-refractivity contribution in [3.05, 3.63) is 23.8 Å². The SMILES string of the molecule is C=S1(=O)Cc2ncncc2C(=O)N1. The molecular formula is C7H7N3O2S. The summed E-state index contributed by atoms with van der Waals surface area (Å²) in [5.74, 6) is 3.18. The molecule has 0 aromatic carbocycles. The van der Waals surface area contributed by atoms with E-state index in [2.05, 4.69) is 20.6 Å². The molecule has 1 aromatic rings. The van der Waals surface area contributed by atoms with Crippen LogP contribution >= 0.6 is 0 Å². The van der Waals surface area contributed by atoms with E-state index in [1.54, 1.807) is 0 Å². The van der Waals surface area contributed by atoms with Crippen molar-refractivity contribution in [2.24, 2.45) is 0 Å². The van der Waals surface area contributed by atoms with E-state index in [0.29, 0.717) is 11.3 Å². The number of carbonyl (C=O) groups excluding carboxylic acids is 1. The number of hydrogen-bond donors (Lipinski definition) is 1. The molecule has 5 nitrogen and oxygen atoms in total. The number of nitrogens with zero attached hydrogens (tertiary/aromatic N) is 2. The summed E-state index contributed by atoms with van der Waals surface area (Å²) in [7, 11) is -2.54. The van der Waals surface area contributed by atoms with Crippen molar-refractivity contribution < 1.29 is 9.00 Å². The smallest absolute Gasteiger partial charge is 0.265 e. The molecule has 0 aliphatic carbocycles. The molecule has 0 bridgehead atoms. The average molecular weight is 197 g/mol. The number of aromatic nitrogens is 2. The van der Waals surface area contributed by atoms with Crippen LogP contribution < -0.4 is 4.72 Å². The Morgan fingerprint density at radius 1 is 1.62 bits per heavy atom. The number of rotatable bonds is 0. The summed E-state index contributed by atoms with van der Waals surface area (Å²) in [4.78, 5) is 18.9. The predicted molar refractivity (Wildman–Crippen MR) is 48.5 cm³/mol. The van der Waals surface area contributed by atoms with Crippen LogP contribution in [0.1, 0.15) is 16.1 Å². The third kappa shape index (κ3) is 1.40. The van der Waals surface area contributed by atoms with Gasteiger partial charge in [-0.1, -0.05) is 0 Å². The summed E-state index contributed by atoms with van der Waals surface area (Å²) in [6.07, 6.45) is 2.74. The molecule has 13 heavy (non-hydrogen) atoms. The van der Waals surface area contributed by atoms with Gasteiger partial charge >= 0.3 is 0 Å². The van der Waals surface area contributed by atoms with Gasteiger partial charge < -0.3 is 0 Å². The van der Waals surface area contributed by atoms with E-state index in [1.807, 2.05) is 0 Å². The molecule has 6 heteroatoms. The molecular weight excluding hydrogens is 190 g/mol. The summed E-state index contributed by atoms with van der Waals surface area (Å²) < 4.78 is 13.8. The first-order chi connectivity index (χ1) is 6.08. The molecule has 0 saturated heterocycles. The molecule has 2 heterocycles. The van der Waals surface area contributed by atoms with Crippen LogP contribution in [0, 0.1) is 0 Å². The first-order valence-corrected chi connectivity index (χ1v) is 5.44. The molecule has 68 valence electrons. The van der Waals surface area contributed by atoms with Gasteiger partial charge in [0.05, 0.1) is 26.7 Å². The second-order valence-electron chi connectivity index (χ2n) is 2.77. The maximum atomic E-state index is 11.5. The summed E-state index contributed by atoms with van der Waals surface area (Å²) in [5.41, 5.74) is 0.879. The zero-order valence-electron chi connectivity index (χ0n) is 6.69. The van der Waals surface area contributed by atoms with Crippen LogP contribution in [-0.2, 0) is 15.5 Å². The minimum Gasteiger partial charge on any atom is -0.278 e. The standard InChI is InChI=1S/C7H7N3O2S/c1-13(12)3-6-5(7(11)10-13)2-8-4-9-6/h2,4H,1,3H2,(H,10,11,12). The van der Waals surface area contributed by atoms with Gasteiger partial charge in [0.1, 0.15) is 6.33 Å². The highest BCUT2D eigenvalue weighted by Crippen LogP contribution is 2.13. The number of nitrogens with one attached hydrogen (secondary N) is 1. The van der Waals surface area contributed by atoms with Crippen LogP contribution in [0.5, 0.6) is 0 Å². The van der Waals surface area contributed by atoms with Crippen LogP contribution in [0.3, 0.4) is 0 Å². The van der Waals surface area contributed by atoms with Gasteiger partial charge in [0.2, 0.25) is 0 Å². The number of carbonyl (C=O) groups is 1. The molecule has 1 aliphatic rings. The zero-order chi connectivity index (χ0) is 9.47. The van der Waals surface area contributed by atoms with E-state index in [4.69, 9.17) is 0 Å². The first kappa shape index (κ1) is 8.18. The van der Waals surface area contributed by atoms with E-state index >= 15 is 0 Å². The van der Waals surface area contributed by atoms with Gasteiger partial charge in [-0.15, -0.1) is 0 Å². The minimum absolute atomic E-state index is 0.177. The van der Waals surface area contributed by atoms with Crippen LogP contribution in [-0.4, -0.2) is 26.0 Å². The topological polar surface area (TPSA) is 72.0 Å². The Labute approximate surface area is 75.4 Å². The highest BCUT2D eigenvalue weighted by Gasteiger charge is 2.23. The van der Waals surface area contributed by atoms with Gasteiger partial charge in [-0.2, -0.15) is 0 Å². The maximum Gasteiger partial charge on any atom is 0.265 e. The van der Waals surface area contributed by atoms with Crippen molar-refractivity contribution in [2.75, 3.05) is 0 Å². The van der Waals surface area contributed by atoms with Crippen LogP contribution in [0.4, 0.5) is 0 Å². The van der Waals surface area contributed by atoms with E-state index in [0.717, 1.165) is 0 Å². The largest absolute Gasteiger partial charge is 0.278 e. The Morgan fingerprint density at radius 3 is 3.15 bits per heavy atom. The number of amides is 1. The van der Waals surface area contributed by atoms with Crippen LogP contribution in [0.25, 0.3) is 0 Å². The zero-order valence-corrected chi connectivity index (χ0v) is 7.50. The van der Waals surface area contributed by atoms with Crippen molar-refractivity contribution in [3.63, 3.8) is 0 Å². The first-order valence-electron chi connectivity index (χ1n) is 3.54. The van der Waals surface area contributed by atoms with Gasteiger partial charge in [-0.3, -0.25) is 9.52 Å². The fourth-order valence-corrected chi connectivity index (χ4v) is 2.33. The molecule has 1 amide bonds. The van der Waals surface area contributed by atoms with Crippen molar-refractivity contribution in [3.8, 4) is 0 Å². The lowest BCUT2D eigenvalue weighted by Gasteiger charge is -2.18. The second-order valence-corrected chi connectivity index (χ2v) is 4.89. The quantitative estimate of drug-likeness (QED) is 0.561. The Balaban J connectivity index is 2.61. The summed E-state index contributed by atoms with van der Waals surface area (Å²) >= 11 is 0. The lowest BCUT2D eigenvalue weighted by atomic mass is 10.2. The van der Waals surface area contributed by atoms with Gasteiger partial charge in [0.15, 0.2) is 0 Å². The minimum atomic E-state index is -2.54. The van der Waals surface area contributed by atoms with Crippen molar-refractivity contribution in [1.82, 2.24) is 14.7 Å². The maximum absolute atomic E-state index is 11.5. The Hall–Kier alpha value is -1.43. The third-order valence-electron chi connectivity index (χ3n) is 1.69. The third-order valence-corrected chi connectivity index (χ3v) is 2.99. The molecule has 0 radical (unpaired) electrons. The molecule has 1 unspecified atom stereocenters. The number of fused-ring (bicyclic) bond motifs is 1. The van der Waals surface area contributed by atoms with E-state index < -0.39 is 15.6 Å². The fraction of sp³-hybridized carbons (Fsp3) is 0.143. The molecule has 1 N–H and O–H groups in total. The van der Waals surface area contributed by atoms with Crippen molar-refractivity contribution >= 4 is 21.5 Å². The summed E-state index contributed by atoms with van der Waals surface area (Å²) in [6, 6.07) is 0. The Kier molecular flexibility index (Phi) is 1.59. The van der Waals surface area contributed by atoms with Crippen LogP contribution in [0.2, 0.25) is 0 Å². The molecule has 0 spiro atoms. The van der Waals surface area contributed by atoms with E-state index in [9.17, 15) is 9.00 Å². The average Bonchev–Trinajstić information content (AvgIpc) is 2.02. The van der Waals surface area contributed by atoms with E-state index in [1.165, 1.54) is 12.5 Å². The van der Waals surface area contributed by atoms with Gasteiger partial charge in [0, 0.05) is 6.20 Å². The molecule has 1 aliphatic heterocycles. The molecule has 2 rings (SSSR count). The summed E-state index contributed by atoms with van der Waals surface area (Å²) in [6.45, 7) is 0. The van der Waals surface area contributed by atoms with Crippen LogP contribution in [0.15, 0.2) is 12.5 Å². The Morgan fingerprint density at radius 2 is 2.38 bits per heavy atom. The monoisotopic (exact) mass is 197 g/mol. The normalized spacial score (nSPS) is 26.3. The molecule has 0 saturated carbocycles. The lowest BCUT2D eigenvalue weighted by molar-refractivity contribution is 0.0979. The second kappa shape index (κ2) is 2.53. The van der Waals surface area contributed by atoms with E-state index in [-0.39, 0.29) is 5.75 Å². The molecule has 1 atom stereocenters. The summed E-state index contributed by atoms with van der Waals surface area (Å²) in [5, 5.41) is 0. The highest BCUT2D eigenvalue weighted by atomic mass is 32.2. The fourth-order valence-electron chi connectivity index (χ4n) is 1.14. The molecule has 1 aromatic heterocycles. The number of hydrogen-bond acceptors (Lipinski definition) is 4. The lowest BCUT2D eigenvalue weighted by Crippen LogP contribution is -2.37. The Bertz CT molecular complexity index is 466. The van der Waals surface area contributed by atoms with Crippen molar-refractivity contribution in [1.29, 1.82) is 0 Å². The van der Waals surface area contributed by atoms with Crippen molar-refractivity contribution in [2.45, 2.75) is 5.75 Å². The van der Waals surface area contributed by atoms with Gasteiger partial charge in [-0.05, 0) is 5.87 Å². The van der Waals surface area contributed by atoms with Gasteiger partial charge in [0.25, 0.3) is 5.91 Å². The van der Waals surface area contributed by atoms with Gasteiger partial charge in [-0.25, -0.2) is 14.2 Å². The molecule has 0 fully saturated rings. The predicted octanol–water partition coefficient (Wildman–Crippen LogP) is -0.649. The highest BCUT2D eigenvalue weighted by molar-refractivity contribution is 7.98.